The van der Waals surface area contributed by atoms with Crippen LogP contribution >= 0.6 is 0 Å². The highest BCUT2D eigenvalue weighted by Gasteiger charge is 2.31. The van der Waals surface area contributed by atoms with Gasteiger partial charge in [0, 0.05) is 44.7 Å². The molecule has 0 saturated carbocycles. The van der Waals surface area contributed by atoms with Crippen molar-refractivity contribution in [2.45, 2.75) is 24.8 Å². The Morgan fingerprint density at radius 2 is 1.56 bits per heavy atom. The van der Waals surface area contributed by atoms with Crippen molar-refractivity contribution in [1.29, 1.82) is 0 Å². The van der Waals surface area contributed by atoms with Crippen molar-refractivity contribution in [2.24, 2.45) is 0 Å². The van der Waals surface area contributed by atoms with Crippen molar-refractivity contribution in [2.75, 3.05) is 57.4 Å². The van der Waals surface area contributed by atoms with Gasteiger partial charge in [0.1, 0.15) is 11.6 Å². The maximum absolute atomic E-state index is 13.1. The Hall–Kier alpha value is -2.59. The first-order valence-electron chi connectivity index (χ1n) is 11.8. The van der Waals surface area contributed by atoms with E-state index in [0.29, 0.717) is 44.3 Å². The topological polar surface area (TPSA) is 78.9 Å². The summed E-state index contributed by atoms with van der Waals surface area (Å²) in [6.07, 6.45) is 0. The van der Waals surface area contributed by atoms with Gasteiger partial charge >= 0.3 is 0 Å². The molecular formula is C25H31N5O3S. The first-order chi connectivity index (χ1) is 16.4. The number of nitrogens with zero attached hydrogens (tertiary/aromatic N) is 5. The summed E-state index contributed by atoms with van der Waals surface area (Å²) in [6.45, 7) is 9.24. The molecule has 2 aliphatic rings. The Bertz CT molecular complexity index is 1250. The van der Waals surface area contributed by atoms with Crippen LogP contribution in [-0.4, -0.2) is 80.1 Å². The zero-order valence-corrected chi connectivity index (χ0v) is 20.5. The van der Waals surface area contributed by atoms with Gasteiger partial charge in [-0.05, 0) is 38.1 Å². The summed E-state index contributed by atoms with van der Waals surface area (Å²) in [6, 6.07) is 15.2. The molecule has 0 N–H and O–H groups in total. The lowest BCUT2D eigenvalue weighted by Gasteiger charge is -2.37. The summed E-state index contributed by atoms with van der Waals surface area (Å²) in [5.41, 5.74) is 1.98. The van der Waals surface area contributed by atoms with Crippen molar-refractivity contribution >= 4 is 26.7 Å². The van der Waals surface area contributed by atoms with Gasteiger partial charge in [-0.1, -0.05) is 29.8 Å². The maximum atomic E-state index is 13.1. The Balaban J connectivity index is 1.35. The summed E-state index contributed by atoms with van der Waals surface area (Å²) < 4.78 is 33.3. The SMILES string of the molecule is Cc1ccc(S(=O)(=O)N2CCN([C@@H](C)c3nc(N4CCOCC4)c4ccccc4n3)CC2)cc1. The van der Waals surface area contributed by atoms with E-state index in [1.165, 1.54) is 0 Å². The van der Waals surface area contributed by atoms with Gasteiger partial charge in [-0.3, -0.25) is 4.90 Å². The van der Waals surface area contributed by atoms with Crippen LogP contribution < -0.4 is 4.90 Å². The van der Waals surface area contributed by atoms with Gasteiger partial charge < -0.3 is 9.64 Å². The molecule has 5 rings (SSSR count). The van der Waals surface area contributed by atoms with Crippen molar-refractivity contribution in [3.05, 3.63) is 59.9 Å². The molecule has 2 aliphatic heterocycles. The number of ether oxygens (including phenoxy) is 1. The highest BCUT2D eigenvalue weighted by atomic mass is 32.2. The molecular weight excluding hydrogens is 450 g/mol. The molecule has 0 radical (unpaired) electrons. The summed E-state index contributed by atoms with van der Waals surface area (Å²) >= 11 is 0. The monoisotopic (exact) mass is 481 g/mol. The second kappa shape index (κ2) is 9.58. The minimum Gasteiger partial charge on any atom is -0.378 e. The van der Waals surface area contributed by atoms with Crippen LogP contribution in [0.4, 0.5) is 5.82 Å². The summed E-state index contributed by atoms with van der Waals surface area (Å²) in [7, 11) is -3.49. The molecule has 180 valence electrons. The molecule has 8 nitrogen and oxygen atoms in total. The van der Waals surface area contributed by atoms with Crippen molar-refractivity contribution < 1.29 is 13.2 Å². The van der Waals surface area contributed by atoms with E-state index in [1.54, 1.807) is 16.4 Å². The minimum absolute atomic E-state index is 0.0198. The highest BCUT2D eigenvalue weighted by molar-refractivity contribution is 7.89. The molecule has 2 saturated heterocycles. The van der Waals surface area contributed by atoms with Crippen molar-refractivity contribution in [3.8, 4) is 0 Å². The average molecular weight is 482 g/mol. The minimum atomic E-state index is -3.49. The number of aromatic nitrogens is 2. The summed E-state index contributed by atoms with van der Waals surface area (Å²) in [5, 5.41) is 1.05. The van der Waals surface area contributed by atoms with E-state index in [2.05, 4.69) is 22.8 Å². The highest BCUT2D eigenvalue weighted by Crippen LogP contribution is 2.29. The second-order valence-corrected chi connectivity index (χ2v) is 10.9. The lowest BCUT2D eigenvalue weighted by atomic mass is 10.1. The molecule has 34 heavy (non-hydrogen) atoms. The number of benzene rings is 2. The zero-order valence-electron chi connectivity index (χ0n) is 19.7. The quantitative estimate of drug-likeness (QED) is 0.554. The molecule has 0 aliphatic carbocycles. The van der Waals surface area contributed by atoms with Gasteiger partial charge in [-0.15, -0.1) is 0 Å². The van der Waals surface area contributed by atoms with Crippen LogP contribution in [0, 0.1) is 6.92 Å². The van der Waals surface area contributed by atoms with E-state index in [-0.39, 0.29) is 6.04 Å². The number of fused-ring (bicyclic) bond motifs is 1. The van der Waals surface area contributed by atoms with E-state index in [9.17, 15) is 8.42 Å². The molecule has 0 spiro atoms. The average Bonchev–Trinajstić information content (AvgIpc) is 2.88. The van der Waals surface area contributed by atoms with E-state index in [0.717, 1.165) is 41.2 Å². The van der Waals surface area contributed by atoms with Crippen molar-refractivity contribution in [3.63, 3.8) is 0 Å². The second-order valence-electron chi connectivity index (χ2n) is 8.95. The third-order valence-corrected chi connectivity index (χ3v) is 8.68. The Labute approximate surface area is 201 Å². The number of para-hydroxylation sites is 1. The van der Waals surface area contributed by atoms with Gasteiger partial charge in [0.15, 0.2) is 0 Å². The lowest BCUT2D eigenvalue weighted by molar-refractivity contribution is 0.122. The van der Waals surface area contributed by atoms with Crippen LogP contribution in [0.25, 0.3) is 10.9 Å². The number of morpholine rings is 1. The maximum Gasteiger partial charge on any atom is 0.243 e. The number of anilines is 1. The molecule has 2 fully saturated rings. The predicted octanol–water partition coefficient (Wildman–Crippen LogP) is 2.84. The fraction of sp³-hybridized carbons (Fsp3) is 0.440. The fourth-order valence-corrected chi connectivity index (χ4v) is 6.06. The van der Waals surface area contributed by atoms with Crippen LogP contribution in [-0.2, 0) is 14.8 Å². The molecule has 3 heterocycles. The fourth-order valence-electron chi connectivity index (χ4n) is 4.63. The van der Waals surface area contributed by atoms with E-state index >= 15 is 0 Å². The molecule has 1 aromatic heterocycles. The summed E-state index contributed by atoms with van der Waals surface area (Å²) in [5.74, 6) is 1.73. The zero-order chi connectivity index (χ0) is 23.7. The molecule has 0 bridgehead atoms. The first kappa shape index (κ1) is 23.2. The standard InChI is InChI=1S/C25H31N5O3S/c1-19-7-9-21(10-8-19)34(31,32)30-13-11-28(12-14-30)20(2)24-26-23-6-4-3-5-22(23)25(27-24)29-15-17-33-18-16-29/h3-10,20H,11-18H2,1-2H3/t20-/m0/s1. The molecule has 9 heteroatoms. The molecule has 1 atom stereocenters. The number of aryl methyl sites for hydroxylation is 1. The number of piperazine rings is 1. The third kappa shape index (κ3) is 4.53. The van der Waals surface area contributed by atoms with Gasteiger partial charge in [-0.2, -0.15) is 4.31 Å². The first-order valence-corrected chi connectivity index (χ1v) is 13.3. The Morgan fingerprint density at radius 1 is 0.882 bits per heavy atom. The van der Waals surface area contributed by atoms with Gasteiger partial charge in [0.2, 0.25) is 10.0 Å². The number of hydrogen-bond donors (Lipinski definition) is 0. The Kier molecular flexibility index (Phi) is 6.52. The van der Waals surface area contributed by atoms with Crippen molar-refractivity contribution in [1.82, 2.24) is 19.2 Å². The van der Waals surface area contributed by atoms with Gasteiger partial charge in [0.05, 0.1) is 29.7 Å². The van der Waals surface area contributed by atoms with Crippen LogP contribution in [0.1, 0.15) is 24.4 Å². The van der Waals surface area contributed by atoms with Crippen LogP contribution in [0.5, 0.6) is 0 Å². The number of sulfonamides is 1. The van der Waals surface area contributed by atoms with E-state index in [1.807, 2.05) is 37.3 Å². The smallest absolute Gasteiger partial charge is 0.243 e. The van der Waals surface area contributed by atoms with Gasteiger partial charge in [-0.25, -0.2) is 18.4 Å². The van der Waals surface area contributed by atoms with Crippen LogP contribution in [0.3, 0.4) is 0 Å². The largest absolute Gasteiger partial charge is 0.378 e. The summed E-state index contributed by atoms with van der Waals surface area (Å²) in [4.78, 5) is 14.8. The molecule has 0 amide bonds. The third-order valence-electron chi connectivity index (χ3n) is 6.76. The Morgan fingerprint density at radius 3 is 2.26 bits per heavy atom. The molecule has 0 unspecified atom stereocenters. The molecule has 3 aromatic rings. The number of hydrogen-bond acceptors (Lipinski definition) is 7. The van der Waals surface area contributed by atoms with E-state index in [4.69, 9.17) is 14.7 Å². The predicted molar refractivity (Wildman–Crippen MR) is 132 cm³/mol. The van der Waals surface area contributed by atoms with Crippen LogP contribution in [0.2, 0.25) is 0 Å². The van der Waals surface area contributed by atoms with Gasteiger partial charge in [0.25, 0.3) is 0 Å². The lowest BCUT2D eigenvalue weighted by Crippen LogP contribution is -2.49. The molecule has 2 aromatic carbocycles. The van der Waals surface area contributed by atoms with E-state index < -0.39 is 10.0 Å². The van der Waals surface area contributed by atoms with Crippen LogP contribution in [0.15, 0.2) is 53.4 Å². The number of rotatable bonds is 5. The normalized spacial score (nSPS) is 19.4.